The van der Waals surface area contributed by atoms with Gasteiger partial charge < -0.3 is 14.2 Å². The molecule has 3 aromatic rings. The van der Waals surface area contributed by atoms with Crippen LogP contribution in [0.1, 0.15) is 29.7 Å². The van der Waals surface area contributed by atoms with Crippen LogP contribution in [0.4, 0.5) is 0 Å². The minimum atomic E-state index is -0.250. The summed E-state index contributed by atoms with van der Waals surface area (Å²) < 4.78 is 16.3. The monoisotopic (exact) mass is 419 g/mol. The van der Waals surface area contributed by atoms with E-state index in [1.165, 1.54) is 0 Å². The minimum Gasteiger partial charge on any atom is -0.493 e. The summed E-state index contributed by atoms with van der Waals surface area (Å²) in [7, 11) is 3.24. The highest BCUT2D eigenvalue weighted by atomic mass is 16.5. The Labute approximate surface area is 184 Å². The highest BCUT2D eigenvalue weighted by molar-refractivity contribution is 5.71. The first-order chi connectivity index (χ1) is 15.2. The summed E-state index contributed by atoms with van der Waals surface area (Å²) in [6, 6.07) is 26.0. The number of carbonyl (C=O) groups is 1. The van der Waals surface area contributed by atoms with E-state index in [1.54, 1.807) is 14.2 Å². The van der Waals surface area contributed by atoms with Gasteiger partial charge in [-0.3, -0.25) is 9.69 Å². The Morgan fingerprint density at radius 2 is 1.48 bits per heavy atom. The molecular formula is C26H29NO4. The van der Waals surface area contributed by atoms with Crippen molar-refractivity contribution in [3.05, 3.63) is 95.6 Å². The zero-order valence-corrected chi connectivity index (χ0v) is 18.3. The molecule has 0 aliphatic rings. The predicted molar refractivity (Wildman–Crippen MR) is 121 cm³/mol. The number of rotatable bonds is 10. The summed E-state index contributed by atoms with van der Waals surface area (Å²) in [5.74, 6) is 1.06. The molecule has 0 amide bonds. The van der Waals surface area contributed by atoms with Crippen molar-refractivity contribution in [1.82, 2.24) is 4.90 Å². The second kappa shape index (κ2) is 11.2. The second-order valence-electron chi connectivity index (χ2n) is 7.12. The Morgan fingerprint density at radius 3 is 2.10 bits per heavy atom. The smallest absolute Gasteiger partial charge is 0.320 e. The summed E-state index contributed by atoms with van der Waals surface area (Å²) in [5, 5.41) is 0. The van der Waals surface area contributed by atoms with Gasteiger partial charge in [0.1, 0.15) is 0 Å². The van der Waals surface area contributed by atoms with Gasteiger partial charge in [-0.1, -0.05) is 66.7 Å². The first-order valence-corrected chi connectivity index (χ1v) is 10.4. The van der Waals surface area contributed by atoms with Gasteiger partial charge in [-0.25, -0.2) is 0 Å². The normalized spacial score (nSPS) is 11.7. The molecule has 0 bridgehead atoms. The van der Waals surface area contributed by atoms with Crippen LogP contribution >= 0.6 is 0 Å². The Kier molecular flexibility index (Phi) is 8.07. The van der Waals surface area contributed by atoms with Gasteiger partial charge in [-0.15, -0.1) is 0 Å². The maximum absolute atomic E-state index is 12.5. The molecule has 3 rings (SSSR count). The van der Waals surface area contributed by atoms with E-state index in [0.717, 1.165) is 16.7 Å². The molecule has 0 spiro atoms. The molecule has 0 aliphatic heterocycles. The van der Waals surface area contributed by atoms with Gasteiger partial charge in [0.25, 0.3) is 0 Å². The molecule has 5 nitrogen and oxygen atoms in total. The summed E-state index contributed by atoms with van der Waals surface area (Å²) in [5.41, 5.74) is 3.20. The molecule has 162 valence electrons. The fourth-order valence-electron chi connectivity index (χ4n) is 3.70. The average Bonchev–Trinajstić information content (AvgIpc) is 2.80. The fraction of sp³-hybridized carbons (Fsp3) is 0.269. The van der Waals surface area contributed by atoms with E-state index in [0.29, 0.717) is 24.7 Å². The Balaban J connectivity index is 2.07. The van der Waals surface area contributed by atoms with E-state index in [9.17, 15) is 4.79 Å². The summed E-state index contributed by atoms with van der Waals surface area (Å²) in [4.78, 5) is 14.7. The highest BCUT2D eigenvalue weighted by Crippen LogP contribution is 2.36. The van der Waals surface area contributed by atoms with Crippen LogP contribution in [0.15, 0.2) is 78.9 Å². The quantitative estimate of drug-likeness (QED) is 0.439. The average molecular weight is 420 g/mol. The Morgan fingerprint density at radius 1 is 0.839 bits per heavy atom. The van der Waals surface area contributed by atoms with Gasteiger partial charge in [0, 0.05) is 6.54 Å². The molecule has 3 aromatic carbocycles. The Bertz CT molecular complexity index is 960. The number of esters is 1. The molecular weight excluding hydrogens is 390 g/mol. The first-order valence-electron chi connectivity index (χ1n) is 10.4. The number of methoxy groups -OCH3 is 2. The largest absolute Gasteiger partial charge is 0.493 e. The molecule has 0 heterocycles. The predicted octanol–water partition coefficient (Wildman–Crippen LogP) is 4.86. The van der Waals surface area contributed by atoms with E-state index in [1.807, 2.05) is 61.5 Å². The molecule has 0 fully saturated rings. The molecule has 1 atom stereocenters. The van der Waals surface area contributed by atoms with Gasteiger partial charge >= 0.3 is 5.97 Å². The number of hydrogen-bond donors (Lipinski definition) is 0. The molecule has 0 aromatic heterocycles. The SMILES string of the molecule is CCOC(=O)CN(Cc1ccccc1)C(c1ccccc1)c1ccc(OC)c(OC)c1. The fourth-order valence-corrected chi connectivity index (χ4v) is 3.70. The zero-order chi connectivity index (χ0) is 22.1. The number of benzene rings is 3. The van der Waals surface area contributed by atoms with Crippen molar-refractivity contribution in [2.45, 2.75) is 19.5 Å². The van der Waals surface area contributed by atoms with Gasteiger partial charge in [0.05, 0.1) is 33.4 Å². The summed E-state index contributed by atoms with van der Waals surface area (Å²) in [6.07, 6.45) is 0. The molecule has 0 N–H and O–H groups in total. The van der Waals surface area contributed by atoms with E-state index in [-0.39, 0.29) is 18.6 Å². The standard InChI is InChI=1S/C26H29NO4/c1-4-31-25(28)19-27(18-20-11-7-5-8-12-20)26(21-13-9-6-10-14-21)22-15-16-23(29-2)24(17-22)30-3/h5-17,26H,4,18-19H2,1-3H3. The number of carbonyl (C=O) groups excluding carboxylic acids is 1. The van der Waals surface area contributed by atoms with Gasteiger partial charge in [0.2, 0.25) is 0 Å². The molecule has 0 aliphatic carbocycles. The lowest BCUT2D eigenvalue weighted by atomic mass is 9.96. The third-order valence-corrected chi connectivity index (χ3v) is 5.07. The van der Waals surface area contributed by atoms with Crippen molar-refractivity contribution in [1.29, 1.82) is 0 Å². The van der Waals surface area contributed by atoms with E-state index < -0.39 is 0 Å². The molecule has 31 heavy (non-hydrogen) atoms. The molecule has 5 heteroatoms. The molecule has 1 unspecified atom stereocenters. The van der Waals surface area contributed by atoms with Gasteiger partial charge in [-0.05, 0) is 35.7 Å². The third kappa shape index (κ3) is 5.86. The highest BCUT2D eigenvalue weighted by Gasteiger charge is 2.26. The topological polar surface area (TPSA) is 48.0 Å². The van der Waals surface area contributed by atoms with Crippen molar-refractivity contribution in [2.24, 2.45) is 0 Å². The zero-order valence-electron chi connectivity index (χ0n) is 18.3. The van der Waals surface area contributed by atoms with Crippen molar-refractivity contribution >= 4 is 5.97 Å². The van der Waals surface area contributed by atoms with Crippen LogP contribution in [0, 0.1) is 0 Å². The lowest BCUT2D eigenvalue weighted by Gasteiger charge is -2.32. The van der Waals surface area contributed by atoms with Crippen molar-refractivity contribution < 1.29 is 19.0 Å². The minimum absolute atomic E-state index is 0.163. The van der Waals surface area contributed by atoms with E-state index >= 15 is 0 Å². The van der Waals surface area contributed by atoms with Gasteiger partial charge in [-0.2, -0.15) is 0 Å². The number of hydrogen-bond acceptors (Lipinski definition) is 5. The van der Waals surface area contributed by atoms with Crippen molar-refractivity contribution in [3.63, 3.8) is 0 Å². The summed E-state index contributed by atoms with van der Waals surface area (Å²) >= 11 is 0. The number of ether oxygens (including phenoxy) is 3. The number of nitrogens with zero attached hydrogens (tertiary/aromatic N) is 1. The van der Waals surface area contributed by atoms with Crippen LogP contribution in [0.5, 0.6) is 11.5 Å². The van der Waals surface area contributed by atoms with Crippen LogP contribution in [-0.2, 0) is 16.1 Å². The van der Waals surface area contributed by atoms with Crippen LogP contribution < -0.4 is 9.47 Å². The van der Waals surface area contributed by atoms with Crippen molar-refractivity contribution in [2.75, 3.05) is 27.4 Å². The molecule has 0 radical (unpaired) electrons. The maximum Gasteiger partial charge on any atom is 0.320 e. The lowest BCUT2D eigenvalue weighted by molar-refractivity contribution is -0.145. The first kappa shape index (κ1) is 22.4. The van der Waals surface area contributed by atoms with E-state index in [2.05, 4.69) is 29.2 Å². The Hall–Kier alpha value is -3.31. The van der Waals surface area contributed by atoms with Crippen LogP contribution in [0.3, 0.4) is 0 Å². The lowest BCUT2D eigenvalue weighted by Crippen LogP contribution is -2.35. The molecule has 0 saturated heterocycles. The second-order valence-corrected chi connectivity index (χ2v) is 7.12. The summed E-state index contributed by atoms with van der Waals surface area (Å²) in [6.45, 7) is 2.93. The van der Waals surface area contributed by atoms with Crippen LogP contribution in [0.2, 0.25) is 0 Å². The van der Waals surface area contributed by atoms with Crippen LogP contribution in [0.25, 0.3) is 0 Å². The molecule has 0 saturated carbocycles. The van der Waals surface area contributed by atoms with Crippen molar-refractivity contribution in [3.8, 4) is 11.5 Å². The van der Waals surface area contributed by atoms with Crippen LogP contribution in [-0.4, -0.2) is 38.2 Å². The maximum atomic E-state index is 12.5. The van der Waals surface area contributed by atoms with Gasteiger partial charge in [0.15, 0.2) is 11.5 Å². The van der Waals surface area contributed by atoms with E-state index in [4.69, 9.17) is 14.2 Å². The third-order valence-electron chi connectivity index (χ3n) is 5.07.